The molecule has 0 aromatic carbocycles. The summed E-state index contributed by atoms with van der Waals surface area (Å²) in [6, 6.07) is 0.360. The van der Waals surface area contributed by atoms with Crippen molar-refractivity contribution < 1.29 is 4.79 Å². The van der Waals surface area contributed by atoms with Gasteiger partial charge in [0.05, 0.1) is 0 Å². The van der Waals surface area contributed by atoms with Gasteiger partial charge in [-0.2, -0.15) is 0 Å². The summed E-state index contributed by atoms with van der Waals surface area (Å²) in [4.78, 5) is 12.5. The zero-order chi connectivity index (χ0) is 15.2. The molecule has 5 aliphatic rings. The Morgan fingerprint density at radius 2 is 1.64 bits per heavy atom. The molecule has 1 amide bonds. The quantitative estimate of drug-likeness (QED) is 0.838. The van der Waals surface area contributed by atoms with Crippen LogP contribution in [-0.2, 0) is 4.79 Å². The highest BCUT2D eigenvalue weighted by Gasteiger charge is 2.51. The molecule has 0 heterocycles. The van der Waals surface area contributed by atoms with Crippen LogP contribution >= 0.6 is 0 Å². The zero-order valence-corrected chi connectivity index (χ0v) is 13.9. The van der Waals surface area contributed by atoms with Crippen molar-refractivity contribution in [1.82, 2.24) is 5.32 Å². The minimum absolute atomic E-state index is 0.320. The predicted molar refractivity (Wildman–Crippen MR) is 88.2 cm³/mol. The van der Waals surface area contributed by atoms with Gasteiger partial charge in [-0.1, -0.05) is 6.42 Å². The van der Waals surface area contributed by atoms with Crippen LogP contribution in [-0.4, -0.2) is 18.5 Å². The van der Waals surface area contributed by atoms with Gasteiger partial charge in [-0.15, -0.1) is 0 Å². The number of rotatable bonds is 4. The number of nitrogens with two attached hydrogens (primary N) is 1. The fourth-order valence-corrected chi connectivity index (χ4v) is 6.69. The Bertz CT molecular complexity index is 398. The van der Waals surface area contributed by atoms with Gasteiger partial charge in [-0.25, -0.2) is 0 Å². The molecule has 124 valence electrons. The normalized spacial score (nSPS) is 46.7. The molecular formula is C19H32N2O. The van der Waals surface area contributed by atoms with Gasteiger partial charge in [0.25, 0.3) is 0 Å². The van der Waals surface area contributed by atoms with Gasteiger partial charge >= 0.3 is 0 Å². The standard InChI is InChI=1S/C19H32N2O/c20-17-3-1-2-13(7-17)12-21-18(22)11-19-8-14-4-15(9-19)6-16(5-14)10-19/h13-17H,1-12,20H2,(H,21,22). The Morgan fingerprint density at radius 3 is 2.23 bits per heavy atom. The first-order chi connectivity index (χ1) is 10.6. The summed E-state index contributed by atoms with van der Waals surface area (Å²) in [5.74, 6) is 3.76. The molecule has 3 heteroatoms. The number of carbonyl (C=O) groups is 1. The molecule has 5 aliphatic carbocycles. The molecule has 4 bridgehead atoms. The number of hydrogen-bond donors (Lipinski definition) is 2. The molecule has 3 nitrogen and oxygen atoms in total. The Labute approximate surface area is 134 Å². The van der Waals surface area contributed by atoms with E-state index in [-0.39, 0.29) is 0 Å². The Balaban J connectivity index is 1.29. The number of nitrogens with one attached hydrogen (secondary N) is 1. The van der Waals surface area contributed by atoms with Crippen LogP contribution in [0.4, 0.5) is 0 Å². The van der Waals surface area contributed by atoms with Gasteiger partial charge in [0.2, 0.25) is 5.91 Å². The maximum absolute atomic E-state index is 12.5. The van der Waals surface area contributed by atoms with E-state index in [0.717, 1.165) is 43.6 Å². The average Bonchev–Trinajstić information content (AvgIpc) is 2.43. The predicted octanol–water partition coefficient (Wildman–Crippen LogP) is 3.23. The first-order valence-electron chi connectivity index (χ1n) is 9.62. The maximum Gasteiger partial charge on any atom is 0.220 e. The summed E-state index contributed by atoms with van der Waals surface area (Å²) in [6.45, 7) is 0.860. The minimum Gasteiger partial charge on any atom is -0.356 e. The van der Waals surface area contributed by atoms with E-state index < -0.39 is 0 Å². The lowest BCUT2D eigenvalue weighted by Crippen LogP contribution is -2.48. The van der Waals surface area contributed by atoms with Crippen molar-refractivity contribution in [2.45, 2.75) is 76.7 Å². The minimum atomic E-state index is 0.320. The summed E-state index contributed by atoms with van der Waals surface area (Å²) in [5.41, 5.74) is 6.43. The number of amides is 1. The van der Waals surface area contributed by atoms with Gasteiger partial charge in [0.1, 0.15) is 0 Å². The largest absolute Gasteiger partial charge is 0.356 e. The van der Waals surface area contributed by atoms with Crippen molar-refractivity contribution in [3.63, 3.8) is 0 Å². The molecule has 5 fully saturated rings. The van der Waals surface area contributed by atoms with Crippen LogP contribution in [0.15, 0.2) is 0 Å². The van der Waals surface area contributed by atoms with E-state index in [1.807, 2.05) is 0 Å². The fraction of sp³-hybridized carbons (Fsp3) is 0.947. The van der Waals surface area contributed by atoms with E-state index in [1.54, 1.807) is 0 Å². The zero-order valence-electron chi connectivity index (χ0n) is 13.9. The third kappa shape index (κ3) is 3.06. The lowest BCUT2D eigenvalue weighted by atomic mass is 9.49. The van der Waals surface area contributed by atoms with Crippen molar-refractivity contribution in [2.24, 2.45) is 34.8 Å². The van der Waals surface area contributed by atoms with Crippen molar-refractivity contribution >= 4 is 5.91 Å². The van der Waals surface area contributed by atoms with Crippen molar-refractivity contribution in [3.05, 3.63) is 0 Å². The SMILES string of the molecule is NC1CCCC(CNC(=O)CC23CC4CC(CC(C4)C2)C3)C1. The fourth-order valence-electron chi connectivity index (χ4n) is 6.69. The van der Waals surface area contributed by atoms with Crippen molar-refractivity contribution in [2.75, 3.05) is 6.54 Å². The molecule has 0 radical (unpaired) electrons. The van der Waals surface area contributed by atoms with Gasteiger partial charge in [0, 0.05) is 19.0 Å². The summed E-state index contributed by atoms with van der Waals surface area (Å²) >= 11 is 0. The number of hydrogen-bond acceptors (Lipinski definition) is 2. The molecule has 0 aromatic heterocycles. The van der Waals surface area contributed by atoms with Crippen LogP contribution in [0.2, 0.25) is 0 Å². The van der Waals surface area contributed by atoms with Gasteiger partial charge in [-0.3, -0.25) is 4.79 Å². The summed E-state index contributed by atoms with van der Waals surface area (Å²) in [5, 5.41) is 3.25. The van der Waals surface area contributed by atoms with Gasteiger partial charge in [-0.05, 0) is 86.9 Å². The van der Waals surface area contributed by atoms with Crippen molar-refractivity contribution in [3.8, 4) is 0 Å². The molecule has 0 aliphatic heterocycles. The lowest BCUT2D eigenvalue weighted by molar-refractivity contribution is -0.129. The second kappa shape index (κ2) is 5.81. The number of carbonyl (C=O) groups excluding carboxylic acids is 1. The molecule has 2 atom stereocenters. The van der Waals surface area contributed by atoms with E-state index in [1.165, 1.54) is 51.4 Å². The highest BCUT2D eigenvalue weighted by molar-refractivity contribution is 5.76. The monoisotopic (exact) mass is 304 g/mol. The van der Waals surface area contributed by atoms with Crippen LogP contribution in [0.25, 0.3) is 0 Å². The molecular weight excluding hydrogens is 272 g/mol. The Kier molecular flexibility index (Phi) is 3.96. The highest BCUT2D eigenvalue weighted by atomic mass is 16.1. The average molecular weight is 304 g/mol. The summed E-state index contributed by atoms with van der Waals surface area (Å²) in [7, 11) is 0. The molecule has 0 aromatic rings. The third-order valence-electron chi connectivity index (χ3n) is 7.11. The van der Waals surface area contributed by atoms with Crippen LogP contribution < -0.4 is 11.1 Å². The molecule has 0 spiro atoms. The summed E-state index contributed by atoms with van der Waals surface area (Å²) < 4.78 is 0. The summed E-state index contributed by atoms with van der Waals surface area (Å²) in [6.07, 6.45) is 13.9. The van der Waals surface area contributed by atoms with Crippen LogP contribution in [0.5, 0.6) is 0 Å². The van der Waals surface area contributed by atoms with E-state index in [9.17, 15) is 4.79 Å². The first kappa shape index (κ1) is 15.0. The topological polar surface area (TPSA) is 55.1 Å². The second-order valence-corrected chi connectivity index (χ2v) is 9.19. The molecule has 5 rings (SSSR count). The molecule has 22 heavy (non-hydrogen) atoms. The molecule has 5 saturated carbocycles. The smallest absolute Gasteiger partial charge is 0.220 e. The van der Waals surface area contributed by atoms with Crippen LogP contribution in [0.1, 0.15) is 70.6 Å². The maximum atomic E-state index is 12.5. The Hall–Kier alpha value is -0.570. The van der Waals surface area contributed by atoms with E-state index in [0.29, 0.717) is 23.3 Å². The van der Waals surface area contributed by atoms with E-state index >= 15 is 0 Å². The van der Waals surface area contributed by atoms with Gasteiger partial charge in [0.15, 0.2) is 0 Å². The van der Waals surface area contributed by atoms with E-state index in [4.69, 9.17) is 5.73 Å². The van der Waals surface area contributed by atoms with Crippen LogP contribution in [0, 0.1) is 29.1 Å². The van der Waals surface area contributed by atoms with Crippen molar-refractivity contribution in [1.29, 1.82) is 0 Å². The second-order valence-electron chi connectivity index (χ2n) is 9.19. The Morgan fingerprint density at radius 1 is 1.00 bits per heavy atom. The molecule has 0 saturated heterocycles. The highest BCUT2D eigenvalue weighted by Crippen LogP contribution is 2.61. The van der Waals surface area contributed by atoms with Crippen LogP contribution in [0.3, 0.4) is 0 Å². The van der Waals surface area contributed by atoms with E-state index in [2.05, 4.69) is 5.32 Å². The first-order valence-corrected chi connectivity index (χ1v) is 9.62. The molecule has 3 N–H and O–H groups in total. The van der Waals surface area contributed by atoms with Gasteiger partial charge < -0.3 is 11.1 Å². The lowest BCUT2D eigenvalue weighted by Gasteiger charge is -2.56. The third-order valence-corrected chi connectivity index (χ3v) is 7.11. The molecule has 2 unspecified atom stereocenters.